The molecule has 2 aromatic rings. The van der Waals surface area contributed by atoms with Gasteiger partial charge in [0.2, 0.25) is 0 Å². The highest BCUT2D eigenvalue weighted by atomic mass is 16.5. The van der Waals surface area contributed by atoms with Crippen LogP contribution in [0.2, 0.25) is 0 Å². The zero-order valence-electron chi connectivity index (χ0n) is 11.4. The van der Waals surface area contributed by atoms with Crippen molar-refractivity contribution in [3.8, 4) is 11.5 Å². The number of aryl methyl sites for hydroxylation is 1. The second-order valence-electron chi connectivity index (χ2n) is 4.18. The van der Waals surface area contributed by atoms with E-state index in [2.05, 4.69) is 4.98 Å². The van der Waals surface area contributed by atoms with E-state index in [-0.39, 0.29) is 5.56 Å². The summed E-state index contributed by atoms with van der Waals surface area (Å²) in [5.41, 5.74) is 1.08. The van der Waals surface area contributed by atoms with Crippen LogP contribution in [-0.2, 0) is 13.7 Å². The van der Waals surface area contributed by atoms with Crippen LogP contribution in [-0.4, -0.2) is 27.2 Å². The molecule has 0 unspecified atom stereocenters. The Morgan fingerprint density at radius 1 is 1.35 bits per heavy atom. The van der Waals surface area contributed by atoms with Crippen molar-refractivity contribution in [3.05, 3.63) is 42.0 Å². The number of nitrogens with zero attached hydrogens (tertiary/aromatic N) is 2. The molecule has 6 nitrogen and oxygen atoms in total. The lowest BCUT2D eigenvalue weighted by Gasteiger charge is -2.12. The first-order chi connectivity index (χ1) is 9.61. The van der Waals surface area contributed by atoms with Gasteiger partial charge in [-0.1, -0.05) is 0 Å². The van der Waals surface area contributed by atoms with E-state index in [1.807, 2.05) is 18.5 Å². The average Bonchev–Trinajstić information content (AvgIpc) is 2.83. The van der Waals surface area contributed by atoms with Gasteiger partial charge in [-0.05, 0) is 25.1 Å². The third-order valence-corrected chi connectivity index (χ3v) is 2.78. The number of imidazole rings is 1. The fraction of sp³-hybridized carbons (Fsp3) is 0.286. The molecule has 1 heterocycles. The van der Waals surface area contributed by atoms with Crippen molar-refractivity contribution in [2.24, 2.45) is 7.05 Å². The van der Waals surface area contributed by atoms with E-state index < -0.39 is 5.97 Å². The second-order valence-corrected chi connectivity index (χ2v) is 4.18. The number of aromatic nitrogens is 2. The topological polar surface area (TPSA) is 73.6 Å². The van der Waals surface area contributed by atoms with E-state index in [9.17, 15) is 4.79 Å². The monoisotopic (exact) mass is 276 g/mol. The Bertz CT molecular complexity index is 607. The van der Waals surface area contributed by atoms with Crippen LogP contribution in [0.4, 0.5) is 0 Å². The van der Waals surface area contributed by atoms with E-state index in [0.29, 0.717) is 24.7 Å². The quantitative estimate of drug-likeness (QED) is 0.874. The van der Waals surface area contributed by atoms with E-state index in [4.69, 9.17) is 14.6 Å². The Morgan fingerprint density at radius 2 is 2.15 bits per heavy atom. The molecule has 106 valence electrons. The van der Waals surface area contributed by atoms with E-state index in [1.165, 1.54) is 12.1 Å². The molecule has 0 bridgehead atoms. The van der Waals surface area contributed by atoms with Gasteiger partial charge in [0.1, 0.15) is 6.61 Å². The highest BCUT2D eigenvalue weighted by Crippen LogP contribution is 2.29. The lowest BCUT2D eigenvalue weighted by Crippen LogP contribution is -2.04. The van der Waals surface area contributed by atoms with Crippen molar-refractivity contribution in [1.82, 2.24) is 9.55 Å². The summed E-state index contributed by atoms with van der Waals surface area (Å²) in [5, 5.41) is 8.98. The highest BCUT2D eigenvalue weighted by molar-refractivity contribution is 5.88. The fourth-order valence-corrected chi connectivity index (χ4v) is 1.70. The van der Waals surface area contributed by atoms with Crippen molar-refractivity contribution in [3.63, 3.8) is 0 Å². The van der Waals surface area contributed by atoms with Crippen LogP contribution < -0.4 is 9.47 Å². The molecular weight excluding hydrogens is 260 g/mol. The number of carboxylic acid groups (broad SMARTS) is 1. The number of benzene rings is 1. The number of hydrogen-bond acceptors (Lipinski definition) is 4. The Hall–Kier alpha value is -2.50. The number of aromatic carboxylic acids is 1. The molecule has 1 N–H and O–H groups in total. The first-order valence-corrected chi connectivity index (χ1v) is 6.20. The minimum absolute atomic E-state index is 0.168. The summed E-state index contributed by atoms with van der Waals surface area (Å²) in [6.45, 7) is 2.60. The second kappa shape index (κ2) is 6.10. The lowest BCUT2D eigenvalue weighted by molar-refractivity contribution is 0.0696. The first kappa shape index (κ1) is 13.9. The predicted octanol–water partition coefficient (Wildman–Crippen LogP) is 2.10. The molecule has 1 aromatic heterocycles. The van der Waals surface area contributed by atoms with Crippen molar-refractivity contribution >= 4 is 5.97 Å². The van der Waals surface area contributed by atoms with Crippen LogP contribution in [0.5, 0.6) is 11.5 Å². The lowest BCUT2D eigenvalue weighted by atomic mass is 10.2. The van der Waals surface area contributed by atoms with Crippen LogP contribution in [0.25, 0.3) is 0 Å². The predicted molar refractivity (Wildman–Crippen MR) is 72.1 cm³/mol. The number of ether oxygens (including phenoxy) is 2. The maximum atomic E-state index is 11.0. The Kier molecular flexibility index (Phi) is 4.24. The van der Waals surface area contributed by atoms with Crippen LogP contribution >= 0.6 is 0 Å². The minimum Gasteiger partial charge on any atom is -0.490 e. The largest absolute Gasteiger partial charge is 0.490 e. The normalized spacial score (nSPS) is 10.3. The number of carbonyl (C=O) groups is 1. The van der Waals surface area contributed by atoms with Gasteiger partial charge in [0, 0.05) is 7.05 Å². The summed E-state index contributed by atoms with van der Waals surface area (Å²) in [7, 11) is 1.88. The van der Waals surface area contributed by atoms with Gasteiger partial charge in [0.15, 0.2) is 11.5 Å². The smallest absolute Gasteiger partial charge is 0.335 e. The third kappa shape index (κ3) is 3.09. The van der Waals surface area contributed by atoms with Crippen LogP contribution in [0.3, 0.4) is 0 Å². The van der Waals surface area contributed by atoms with Gasteiger partial charge in [0.25, 0.3) is 0 Å². The summed E-state index contributed by atoms with van der Waals surface area (Å²) < 4.78 is 12.9. The summed E-state index contributed by atoms with van der Waals surface area (Å²) in [6.07, 6.45) is 3.40. The van der Waals surface area contributed by atoms with Gasteiger partial charge >= 0.3 is 5.97 Å². The fourth-order valence-electron chi connectivity index (χ4n) is 1.70. The molecule has 6 heteroatoms. The van der Waals surface area contributed by atoms with Gasteiger partial charge in [-0.3, -0.25) is 0 Å². The highest BCUT2D eigenvalue weighted by Gasteiger charge is 2.11. The molecular formula is C14H16N2O4. The maximum Gasteiger partial charge on any atom is 0.335 e. The number of carboxylic acids is 1. The van der Waals surface area contributed by atoms with Crippen molar-refractivity contribution in [2.75, 3.05) is 6.61 Å². The van der Waals surface area contributed by atoms with Crippen molar-refractivity contribution in [1.29, 1.82) is 0 Å². The Labute approximate surface area is 116 Å². The molecule has 0 atom stereocenters. The van der Waals surface area contributed by atoms with Gasteiger partial charge in [-0.15, -0.1) is 0 Å². The molecule has 0 saturated carbocycles. The minimum atomic E-state index is -0.996. The third-order valence-electron chi connectivity index (χ3n) is 2.78. The molecule has 0 spiro atoms. The van der Waals surface area contributed by atoms with Crippen molar-refractivity contribution in [2.45, 2.75) is 13.5 Å². The molecule has 0 aliphatic heterocycles. The van der Waals surface area contributed by atoms with Crippen LogP contribution in [0.15, 0.2) is 30.7 Å². The first-order valence-electron chi connectivity index (χ1n) is 6.20. The van der Waals surface area contributed by atoms with Gasteiger partial charge in [0.05, 0.1) is 30.4 Å². The van der Waals surface area contributed by atoms with E-state index >= 15 is 0 Å². The molecule has 1 aromatic carbocycles. The molecule has 0 radical (unpaired) electrons. The summed E-state index contributed by atoms with van der Waals surface area (Å²) in [5.74, 6) is -0.0586. The van der Waals surface area contributed by atoms with Gasteiger partial charge in [-0.2, -0.15) is 0 Å². The standard InChI is InChI=1S/C14H16N2O4/c1-3-19-13-6-10(14(17)18)4-5-12(13)20-8-11-7-15-9-16(11)2/h4-7,9H,3,8H2,1-2H3,(H,17,18). The Balaban J connectivity index is 2.17. The number of hydrogen-bond donors (Lipinski definition) is 1. The summed E-state index contributed by atoms with van der Waals surface area (Å²) in [4.78, 5) is 15.0. The van der Waals surface area contributed by atoms with E-state index in [1.54, 1.807) is 18.6 Å². The Morgan fingerprint density at radius 3 is 2.75 bits per heavy atom. The summed E-state index contributed by atoms with van der Waals surface area (Å²) in [6, 6.07) is 4.55. The molecule has 0 aliphatic carbocycles. The maximum absolute atomic E-state index is 11.0. The SMILES string of the molecule is CCOc1cc(C(=O)O)ccc1OCc1cncn1C. The molecule has 0 fully saturated rings. The molecule has 0 aliphatic rings. The van der Waals surface area contributed by atoms with Gasteiger partial charge < -0.3 is 19.1 Å². The molecule has 20 heavy (non-hydrogen) atoms. The summed E-state index contributed by atoms with van der Waals surface area (Å²) >= 11 is 0. The van der Waals surface area contributed by atoms with Crippen molar-refractivity contribution < 1.29 is 19.4 Å². The molecule has 0 amide bonds. The van der Waals surface area contributed by atoms with E-state index in [0.717, 1.165) is 5.69 Å². The molecule has 2 rings (SSSR count). The van der Waals surface area contributed by atoms with Crippen LogP contribution in [0.1, 0.15) is 23.0 Å². The number of rotatable bonds is 6. The van der Waals surface area contributed by atoms with Crippen LogP contribution in [0, 0.1) is 0 Å². The zero-order chi connectivity index (χ0) is 14.5. The average molecular weight is 276 g/mol. The molecule has 0 saturated heterocycles. The zero-order valence-corrected chi connectivity index (χ0v) is 11.4. The van der Waals surface area contributed by atoms with Gasteiger partial charge in [-0.25, -0.2) is 9.78 Å².